The molecule has 0 spiro atoms. The highest BCUT2D eigenvalue weighted by molar-refractivity contribution is 9.11. The Morgan fingerprint density at radius 3 is 2.45 bits per heavy atom. The first-order valence-corrected chi connectivity index (χ1v) is 10.7. The van der Waals surface area contributed by atoms with Gasteiger partial charge in [-0.1, -0.05) is 48.0 Å². The first-order chi connectivity index (χ1) is 14.0. The number of rotatable bonds is 6. The Balaban J connectivity index is 1.67. The summed E-state index contributed by atoms with van der Waals surface area (Å²) in [5, 5.41) is 4.71. The fraction of sp³-hybridized carbons (Fsp3) is 0.0909. The van der Waals surface area contributed by atoms with Crippen LogP contribution in [0.15, 0.2) is 74.7 Å². The maximum atomic E-state index is 12.2. The lowest BCUT2D eigenvalue weighted by molar-refractivity contribution is 0.0954. The van der Waals surface area contributed by atoms with Gasteiger partial charge in [-0.2, -0.15) is 5.10 Å². The first-order valence-electron chi connectivity index (χ1n) is 8.70. The Labute approximate surface area is 191 Å². The van der Waals surface area contributed by atoms with Gasteiger partial charge in [0.15, 0.2) is 0 Å². The van der Waals surface area contributed by atoms with Gasteiger partial charge in [-0.15, -0.1) is 0 Å². The SMILES string of the molecule is Cc1ccccc1C(=O)N/N=C\c1cc(Br)c(OCc2ccccc2Cl)c(Br)c1. The molecule has 0 aliphatic rings. The molecule has 1 amide bonds. The van der Waals surface area contributed by atoms with Crippen molar-refractivity contribution in [3.05, 3.63) is 96.9 Å². The molecule has 0 saturated carbocycles. The van der Waals surface area contributed by atoms with Crippen molar-refractivity contribution in [3.8, 4) is 5.75 Å². The average Bonchev–Trinajstić information content (AvgIpc) is 2.69. The molecule has 4 nitrogen and oxygen atoms in total. The zero-order valence-corrected chi connectivity index (χ0v) is 19.4. The van der Waals surface area contributed by atoms with Crippen molar-refractivity contribution < 1.29 is 9.53 Å². The number of carbonyl (C=O) groups is 1. The highest BCUT2D eigenvalue weighted by Crippen LogP contribution is 2.35. The second kappa shape index (κ2) is 10.1. The van der Waals surface area contributed by atoms with E-state index in [1.165, 1.54) is 0 Å². The summed E-state index contributed by atoms with van der Waals surface area (Å²) >= 11 is 13.2. The third-order valence-corrected chi connectivity index (χ3v) is 5.67. The predicted octanol–water partition coefficient (Wildman–Crippen LogP) is 6.52. The second-order valence-corrected chi connectivity index (χ2v) is 8.32. The van der Waals surface area contributed by atoms with E-state index in [4.69, 9.17) is 16.3 Å². The van der Waals surface area contributed by atoms with Gasteiger partial charge in [0.2, 0.25) is 0 Å². The quantitative estimate of drug-likeness (QED) is 0.288. The summed E-state index contributed by atoms with van der Waals surface area (Å²) < 4.78 is 7.42. The Hall–Kier alpha value is -2.15. The second-order valence-electron chi connectivity index (χ2n) is 6.21. The summed E-state index contributed by atoms with van der Waals surface area (Å²) in [6, 6.07) is 18.6. The van der Waals surface area contributed by atoms with Gasteiger partial charge in [-0.25, -0.2) is 5.43 Å². The first kappa shape index (κ1) is 21.6. The lowest BCUT2D eigenvalue weighted by Gasteiger charge is -2.12. The molecule has 148 valence electrons. The highest BCUT2D eigenvalue weighted by Gasteiger charge is 2.10. The number of hydrazone groups is 1. The summed E-state index contributed by atoms with van der Waals surface area (Å²) in [6.45, 7) is 2.23. The van der Waals surface area contributed by atoms with Crippen LogP contribution in [0.3, 0.4) is 0 Å². The fourth-order valence-corrected chi connectivity index (χ4v) is 4.25. The number of hydrogen-bond acceptors (Lipinski definition) is 3. The van der Waals surface area contributed by atoms with Gasteiger partial charge in [-0.05, 0) is 74.2 Å². The maximum absolute atomic E-state index is 12.2. The van der Waals surface area contributed by atoms with E-state index in [9.17, 15) is 4.79 Å². The van der Waals surface area contributed by atoms with E-state index >= 15 is 0 Å². The number of halogens is 3. The van der Waals surface area contributed by atoms with Gasteiger partial charge in [0, 0.05) is 16.1 Å². The largest absolute Gasteiger partial charge is 0.486 e. The van der Waals surface area contributed by atoms with E-state index in [-0.39, 0.29) is 5.91 Å². The fourth-order valence-electron chi connectivity index (χ4n) is 2.61. The van der Waals surface area contributed by atoms with Crippen molar-refractivity contribution in [1.29, 1.82) is 0 Å². The van der Waals surface area contributed by atoms with E-state index in [0.717, 1.165) is 25.6 Å². The summed E-state index contributed by atoms with van der Waals surface area (Å²) in [5.41, 5.74) is 5.73. The number of nitrogens with zero attached hydrogens (tertiary/aromatic N) is 1. The minimum absolute atomic E-state index is 0.253. The molecule has 3 rings (SSSR count). The molecule has 0 unspecified atom stereocenters. The number of amides is 1. The van der Waals surface area contributed by atoms with E-state index in [1.54, 1.807) is 12.3 Å². The van der Waals surface area contributed by atoms with Crippen LogP contribution in [0, 0.1) is 6.92 Å². The van der Waals surface area contributed by atoms with Gasteiger partial charge in [-0.3, -0.25) is 4.79 Å². The minimum Gasteiger partial charge on any atom is -0.486 e. The van der Waals surface area contributed by atoms with Gasteiger partial charge in [0.1, 0.15) is 12.4 Å². The van der Waals surface area contributed by atoms with Crippen molar-refractivity contribution >= 4 is 55.6 Å². The van der Waals surface area contributed by atoms with E-state index in [0.29, 0.717) is 22.9 Å². The molecule has 0 aliphatic carbocycles. The van der Waals surface area contributed by atoms with E-state index < -0.39 is 0 Å². The number of ether oxygens (including phenoxy) is 1. The third kappa shape index (κ3) is 5.69. The lowest BCUT2D eigenvalue weighted by Crippen LogP contribution is -2.18. The molecule has 7 heteroatoms. The Morgan fingerprint density at radius 2 is 1.76 bits per heavy atom. The number of aryl methyl sites for hydroxylation is 1. The van der Waals surface area contributed by atoms with Crippen molar-refractivity contribution in [2.75, 3.05) is 0 Å². The minimum atomic E-state index is -0.253. The molecule has 1 N–H and O–H groups in total. The van der Waals surface area contributed by atoms with Crippen LogP contribution in [0.1, 0.15) is 27.0 Å². The normalized spacial score (nSPS) is 10.9. The highest BCUT2D eigenvalue weighted by atomic mass is 79.9. The van der Waals surface area contributed by atoms with Crippen LogP contribution in [0.5, 0.6) is 5.75 Å². The molecule has 0 saturated heterocycles. The third-order valence-electron chi connectivity index (χ3n) is 4.12. The van der Waals surface area contributed by atoms with Crippen LogP contribution in [0.25, 0.3) is 0 Å². The van der Waals surface area contributed by atoms with Gasteiger partial charge in [0.25, 0.3) is 5.91 Å². The van der Waals surface area contributed by atoms with Crippen molar-refractivity contribution in [2.24, 2.45) is 5.10 Å². The maximum Gasteiger partial charge on any atom is 0.271 e. The summed E-state index contributed by atoms with van der Waals surface area (Å²) in [6.07, 6.45) is 1.57. The van der Waals surface area contributed by atoms with Crippen molar-refractivity contribution in [1.82, 2.24) is 5.43 Å². The van der Waals surface area contributed by atoms with Gasteiger partial charge >= 0.3 is 0 Å². The van der Waals surface area contributed by atoms with Crippen LogP contribution in [-0.2, 0) is 6.61 Å². The molecule has 0 heterocycles. The van der Waals surface area contributed by atoms with Gasteiger partial charge in [0.05, 0.1) is 15.2 Å². The van der Waals surface area contributed by atoms with Crippen LogP contribution < -0.4 is 10.2 Å². The Morgan fingerprint density at radius 1 is 1.10 bits per heavy atom. The van der Waals surface area contributed by atoms with Crippen LogP contribution in [0.4, 0.5) is 0 Å². The van der Waals surface area contributed by atoms with Crippen LogP contribution in [0.2, 0.25) is 5.02 Å². The zero-order chi connectivity index (χ0) is 20.8. The summed E-state index contributed by atoms with van der Waals surface area (Å²) in [4.78, 5) is 12.2. The Bertz CT molecular complexity index is 1050. The topological polar surface area (TPSA) is 50.7 Å². The number of hydrogen-bond donors (Lipinski definition) is 1. The van der Waals surface area contributed by atoms with Crippen LogP contribution in [-0.4, -0.2) is 12.1 Å². The predicted molar refractivity (Wildman–Crippen MR) is 124 cm³/mol. The van der Waals surface area contributed by atoms with E-state index in [2.05, 4.69) is 42.4 Å². The number of benzene rings is 3. The molecule has 0 aromatic heterocycles. The number of carbonyl (C=O) groups excluding carboxylic acids is 1. The monoisotopic (exact) mass is 534 g/mol. The van der Waals surface area contributed by atoms with E-state index in [1.807, 2.05) is 61.5 Å². The Kier molecular flexibility index (Phi) is 7.47. The average molecular weight is 537 g/mol. The lowest BCUT2D eigenvalue weighted by atomic mass is 10.1. The molecule has 29 heavy (non-hydrogen) atoms. The molecule has 0 bridgehead atoms. The summed E-state index contributed by atoms with van der Waals surface area (Å²) in [7, 11) is 0. The molecular formula is C22H17Br2ClN2O2. The smallest absolute Gasteiger partial charge is 0.271 e. The number of nitrogens with one attached hydrogen (secondary N) is 1. The van der Waals surface area contributed by atoms with Gasteiger partial charge < -0.3 is 4.74 Å². The van der Waals surface area contributed by atoms with Crippen molar-refractivity contribution in [2.45, 2.75) is 13.5 Å². The zero-order valence-electron chi connectivity index (χ0n) is 15.5. The standard InChI is InChI=1S/C22H17Br2ClN2O2/c1-14-6-2-4-8-17(14)22(28)27-26-12-15-10-18(23)21(19(24)11-15)29-13-16-7-3-5-9-20(16)25/h2-12H,13H2,1H3,(H,27,28)/b26-12-. The molecule has 0 atom stereocenters. The van der Waals surface area contributed by atoms with Crippen molar-refractivity contribution in [3.63, 3.8) is 0 Å². The molecule has 0 radical (unpaired) electrons. The van der Waals surface area contributed by atoms with Crippen LogP contribution >= 0.6 is 43.5 Å². The molecule has 0 fully saturated rings. The molecule has 3 aromatic rings. The molecule has 3 aromatic carbocycles. The summed E-state index contributed by atoms with van der Waals surface area (Å²) in [5.74, 6) is 0.406. The molecular weight excluding hydrogens is 520 g/mol. The molecule has 0 aliphatic heterocycles.